The number of aryl methyl sites for hydroxylation is 1. The molecule has 114 valence electrons. The average molecular weight is 288 g/mol. The predicted molar refractivity (Wildman–Crippen MR) is 82.2 cm³/mol. The van der Waals surface area contributed by atoms with Crippen LogP contribution in [0.5, 0.6) is 0 Å². The zero-order valence-electron chi connectivity index (χ0n) is 12.7. The molecule has 0 unspecified atom stereocenters. The SMILES string of the molecule is C[C@H](O)CN1CCN(C(=O)[C@H]2CCc3ccccc32)CC1. The summed E-state index contributed by atoms with van der Waals surface area (Å²) in [6.45, 7) is 5.81. The van der Waals surface area contributed by atoms with Crippen LogP contribution in [0.1, 0.15) is 30.4 Å². The van der Waals surface area contributed by atoms with Crippen molar-refractivity contribution >= 4 is 5.91 Å². The molecule has 1 N–H and O–H groups in total. The molecule has 0 aromatic heterocycles. The van der Waals surface area contributed by atoms with Gasteiger partial charge in [0, 0.05) is 32.7 Å². The molecule has 1 aliphatic carbocycles. The van der Waals surface area contributed by atoms with Crippen LogP contribution >= 0.6 is 0 Å². The minimum atomic E-state index is -0.297. The third-order valence-corrected chi connectivity index (χ3v) is 4.64. The Labute approximate surface area is 126 Å². The van der Waals surface area contributed by atoms with Crippen LogP contribution in [-0.2, 0) is 11.2 Å². The molecule has 1 aromatic rings. The first-order valence-corrected chi connectivity index (χ1v) is 7.92. The van der Waals surface area contributed by atoms with E-state index in [4.69, 9.17) is 0 Å². The highest BCUT2D eigenvalue weighted by molar-refractivity contribution is 5.85. The molecule has 4 heteroatoms. The van der Waals surface area contributed by atoms with E-state index in [2.05, 4.69) is 23.1 Å². The van der Waals surface area contributed by atoms with Crippen LogP contribution in [-0.4, -0.2) is 59.6 Å². The van der Waals surface area contributed by atoms with Gasteiger partial charge in [-0.3, -0.25) is 9.69 Å². The quantitative estimate of drug-likeness (QED) is 0.910. The maximum Gasteiger partial charge on any atom is 0.230 e. The lowest BCUT2D eigenvalue weighted by atomic mass is 9.99. The lowest BCUT2D eigenvalue weighted by Gasteiger charge is -2.36. The largest absolute Gasteiger partial charge is 0.392 e. The number of rotatable bonds is 3. The molecule has 1 amide bonds. The summed E-state index contributed by atoms with van der Waals surface area (Å²) in [7, 11) is 0. The molecule has 1 aliphatic heterocycles. The first-order chi connectivity index (χ1) is 10.1. The molecule has 0 bridgehead atoms. The molecular formula is C17H24N2O2. The van der Waals surface area contributed by atoms with Gasteiger partial charge in [0.1, 0.15) is 0 Å². The van der Waals surface area contributed by atoms with Gasteiger partial charge in [-0.1, -0.05) is 24.3 Å². The van der Waals surface area contributed by atoms with Crippen LogP contribution in [0.2, 0.25) is 0 Å². The van der Waals surface area contributed by atoms with E-state index in [0.717, 1.165) is 39.0 Å². The van der Waals surface area contributed by atoms with Gasteiger partial charge in [0.25, 0.3) is 0 Å². The van der Waals surface area contributed by atoms with Crippen molar-refractivity contribution in [3.63, 3.8) is 0 Å². The molecule has 0 radical (unpaired) electrons. The summed E-state index contributed by atoms with van der Waals surface area (Å²) in [6.07, 6.45) is 1.68. The van der Waals surface area contributed by atoms with E-state index < -0.39 is 0 Å². The van der Waals surface area contributed by atoms with Crippen molar-refractivity contribution in [3.8, 4) is 0 Å². The van der Waals surface area contributed by atoms with E-state index in [1.165, 1.54) is 11.1 Å². The second-order valence-corrected chi connectivity index (χ2v) is 6.26. The Bertz CT molecular complexity index is 507. The first kappa shape index (κ1) is 14.5. The number of aliphatic hydroxyl groups excluding tert-OH is 1. The number of carbonyl (C=O) groups is 1. The summed E-state index contributed by atoms with van der Waals surface area (Å²) in [5, 5.41) is 9.44. The monoisotopic (exact) mass is 288 g/mol. The molecule has 2 aliphatic rings. The van der Waals surface area contributed by atoms with Gasteiger partial charge >= 0.3 is 0 Å². The Morgan fingerprint density at radius 1 is 1.29 bits per heavy atom. The van der Waals surface area contributed by atoms with Crippen molar-refractivity contribution in [2.24, 2.45) is 0 Å². The lowest BCUT2D eigenvalue weighted by Crippen LogP contribution is -2.51. The number of hydrogen-bond donors (Lipinski definition) is 1. The van der Waals surface area contributed by atoms with Crippen LogP contribution in [0.15, 0.2) is 24.3 Å². The Hall–Kier alpha value is -1.39. The Kier molecular flexibility index (Phi) is 4.27. The molecule has 1 fully saturated rings. The second kappa shape index (κ2) is 6.16. The molecule has 21 heavy (non-hydrogen) atoms. The van der Waals surface area contributed by atoms with Crippen molar-refractivity contribution in [1.82, 2.24) is 9.80 Å². The van der Waals surface area contributed by atoms with Gasteiger partial charge in [-0.2, -0.15) is 0 Å². The normalized spacial score (nSPS) is 23.9. The number of hydrogen-bond acceptors (Lipinski definition) is 3. The van der Waals surface area contributed by atoms with Gasteiger partial charge in [-0.15, -0.1) is 0 Å². The lowest BCUT2D eigenvalue weighted by molar-refractivity contribution is -0.134. The molecule has 2 atom stereocenters. The predicted octanol–water partition coefficient (Wildman–Crippen LogP) is 1.24. The van der Waals surface area contributed by atoms with E-state index in [1.54, 1.807) is 0 Å². The highest BCUT2D eigenvalue weighted by atomic mass is 16.3. The standard InChI is InChI=1S/C17H24N2O2/c1-13(20)12-18-8-10-19(11-9-18)17(21)16-7-6-14-4-2-3-5-15(14)16/h2-5,13,16,20H,6-12H2,1H3/t13-,16-/m0/s1. The van der Waals surface area contributed by atoms with Crippen molar-refractivity contribution in [2.45, 2.75) is 31.8 Å². The van der Waals surface area contributed by atoms with Crippen LogP contribution in [0.3, 0.4) is 0 Å². The number of carbonyl (C=O) groups excluding carboxylic acids is 1. The minimum Gasteiger partial charge on any atom is -0.392 e. The molecule has 1 heterocycles. The van der Waals surface area contributed by atoms with Gasteiger partial charge in [0.2, 0.25) is 5.91 Å². The number of piperazine rings is 1. The minimum absolute atomic E-state index is 0.0597. The first-order valence-electron chi connectivity index (χ1n) is 7.92. The van der Waals surface area contributed by atoms with Gasteiger partial charge in [-0.25, -0.2) is 0 Å². The van der Waals surface area contributed by atoms with Crippen molar-refractivity contribution in [3.05, 3.63) is 35.4 Å². The maximum atomic E-state index is 12.8. The van der Waals surface area contributed by atoms with Crippen LogP contribution in [0.25, 0.3) is 0 Å². The zero-order chi connectivity index (χ0) is 14.8. The number of aliphatic hydroxyl groups is 1. The Morgan fingerprint density at radius 2 is 2.00 bits per heavy atom. The van der Waals surface area contributed by atoms with Crippen molar-refractivity contribution in [2.75, 3.05) is 32.7 Å². The fourth-order valence-corrected chi connectivity index (χ4v) is 3.56. The maximum absolute atomic E-state index is 12.8. The van der Waals surface area contributed by atoms with Crippen molar-refractivity contribution < 1.29 is 9.90 Å². The Morgan fingerprint density at radius 3 is 2.71 bits per heavy atom. The highest BCUT2D eigenvalue weighted by Crippen LogP contribution is 2.34. The summed E-state index contributed by atoms with van der Waals surface area (Å²) in [4.78, 5) is 17.0. The number of fused-ring (bicyclic) bond motifs is 1. The van der Waals surface area contributed by atoms with E-state index in [1.807, 2.05) is 17.9 Å². The summed E-state index contributed by atoms with van der Waals surface area (Å²) in [6, 6.07) is 8.34. The summed E-state index contributed by atoms with van der Waals surface area (Å²) < 4.78 is 0. The van der Waals surface area contributed by atoms with Crippen LogP contribution < -0.4 is 0 Å². The molecular weight excluding hydrogens is 264 g/mol. The second-order valence-electron chi connectivity index (χ2n) is 6.26. The molecule has 1 saturated heterocycles. The van der Waals surface area contributed by atoms with Crippen LogP contribution in [0.4, 0.5) is 0 Å². The summed E-state index contributed by atoms with van der Waals surface area (Å²) >= 11 is 0. The average Bonchev–Trinajstić information content (AvgIpc) is 2.90. The van der Waals surface area contributed by atoms with Gasteiger partial charge < -0.3 is 10.0 Å². The third-order valence-electron chi connectivity index (χ3n) is 4.64. The third kappa shape index (κ3) is 3.11. The molecule has 4 nitrogen and oxygen atoms in total. The van der Waals surface area contributed by atoms with Gasteiger partial charge in [-0.05, 0) is 30.9 Å². The molecule has 3 rings (SSSR count). The topological polar surface area (TPSA) is 43.8 Å². The molecule has 0 saturated carbocycles. The van der Waals surface area contributed by atoms with Crippen molar-refractivity contribution in [1.29, 1.82) is 0 Å². The molecule has 0 spiro atoms. The number of benzene rings is 1. The number of nitrogens with zero attached hydrogens (tertiary/aromatic N) is 2. The fourth-order valence-electron chi connectivity index (χ4n) is 3.56. The van der Waals surface area contributed by atoms with Crippen LogP contribution in [0, 0.1) is 0 Å². The number of β-amino-alcohol motifs (C(OH)–C–C–N with tert-alkyl or cyclic N) is 1. The zero-order valence-corrected chi connectivity index (χ0v) is 12.7. The van der Waals surface area contributed by atoms with E-state index in [0.29, 0.717) is 6.54 Å². The summed E-state index contributed by atoms with van der Waals surface area (Å²) in [5.74, 6) is 0.348. The van der Waals surface area contributed by atoms with E-state index in [9.17, 15) is 9.90 Å². The smallest absolute Gasteiger partial charge is 0.230 e. The Balaban J connectivity index is 1.61. The fraction of sp³-hybridized carbons (Fsp3) is 0.588. The van der Waals surface area contributed by atoms with Gasteiger partial charge in [0.15, 0.2) is 0 Å². The molecule has 1 aromatic carbocycles. The summed E-state index contributed by atoms with van der Waals surface area (Å²) in [5.41, 5.74) is 2.57. The van der Waals surface area contributed by atoms with E-state index in [-0.39, 0.29) is 17.9 Å². The number of amides is 1. The van der Waals surface area contributed by atoms with E-state index >= 15 is 0 Å². The van der Waals surface area contributed by atoms with Gasteiger partial charge in [0.05, 0.1) is 12.0 Å². The highest BCUT2D eigenvalue weighted by Gasteiger charge is 2.32.